The highest BCUT2D eigenvalue weighted by Crippen LogP contribution is 2.34. The Morgan fingerprint density at radius 1 is 1.20 bits per heavy atom. The van der Waals surface area contributed by atoms with Crippen molar-refractivity contribution in [1.82, 2.24) is 4.90 Å². The zero-order chi connectivity index (χ0) is 17.8. The van der Waals surface area contributed by atoms with Crippen LogP contribution in [0, 0.1) is 6.92 Å². The van der Waals surface area contributed by atoms with Crippen LogP contribution in [0.25, 0.3) is 6.08 Å². The number of nitrogens with zero attached hydrogens (tertiary/aromatic N) is 1. The maximum Gasteiger partial charge on any atom is 0.293 e. The quantitative estimate of drug-likeness (QED) is 0.697. The number of amides is 2. The maximum atomic E-state index is 12.3. The second-order valence-electron chi connectivity index (χ2n) is 5.40. The van der Waals surface area contributed by atoms with E-state index in [4.69, 9.17) is 9.15 Å². The molecule has 0 N–H and O–H groups in total. The number of rotatable bonds is 6. The molecule has 5 nitrogen and oxygen atoms in total. The van der Waals surface area contributed by atoms with E-state index in [0.717, 1.165) is 21.7 Å². The molecule has 1 fully saturated rings. The van der Waals surface area contributed by atoms with Crippen molar-refractivity contribution < 1.29 is 18.7 Å². The van der Waals surface area contributed by atoms with Crippen LogP contribution in [0.3, 0.4) is 0 Å². The Labute approximate surface area is 154 Å². The molecule has 0 saturated carbocycles. The van der Waals surface area contributed by atoms with Crippen LogP contribution in [0.2, 0.25) is 0 Å². The van der Waals surface area contributed by atoms with Crippen molar-refractivity contribution in [2.24, 2.45) is 0 Å². The number of methoxy groups -OCH3 is 1. The zero-order valence-electron chi connectivity index (χ0n) is 13.9. The first kappa shape index (κ1) is 17.8. The third-order valence-corrected chi connectivity index (χ3v) is 5.34. The van der Waals surface area contributed by atoms with Gasteiger partial charge in [-0.1, -0.05) is 29.5 Å². The van der Waals surface area contributed by atoms with Crippen molar-refractivity contribution >= 4 is 40.7 Å². The van der Waals surface area contributed by atoms with Gasteiger partial charge in [0.15, 0.2) is 5.09 Å². The molecule has 130 valence electrons. The van der Waals surface area contributed by atoms with Crippen molar-refractivity contribution in [3.05, 3.63) is 52.6 Å². The number of furan rings is 1. The third-order valence-electron chi connectivity index (χ3n) is 3.51. The molecule has 7 heteroatoms. The second kappa shape index (κ2) is 7.95. The Morgan fingerprint density at radius 2 is 1.96 bits per heavy atom. The first-order valence-electron chi connectivity index (χ1n) is 7.65. The first-order chi connectivity index (χ1) is 12.1. The van der Waals surface area contributed by atoms with Crippen molar-refractivity contribution in [1.29, 1.82) is 0 Å². The summed E-state index contributed by atoms with van der Waals surface area (Å²) in [4.78, 5) is 26.8. The smallest absolute Gasteiger partial charge is 0.293 e. The van der Waals surface area contributed by atoms with Gasteiger partial charge in [0.25, 0.3) is 11.1 Å². The molecule has 0 atom stereocenters. The molecule has 1 saturated heterocycles. The van der Waals surface area contributed by atoms with Gasteiger partial charge in [0.1, 0.15) is 5.76 Å². The topological polar surface area (TPSA) is 59.8 Å². The Morgan fingerprint density at radius 3 is 2.68 bits per heavy atom. The van der Waals surface area contributed by atoms with Crippen LogP contribution < -0.4 is 0 Å². The first-order valence-corrected chi connectivity index (χ1v) is 9.29. The molecule has 0 spiro atoms. The molecule has 0 aliphatic carbocycles. The van der Waals surface area contributed by atoms with Gasteiger partial charge in [-0.15, -0.1) is 0 Å². The van der Waals surface area contributed by atoms with Crippen LogP contribution in [0.15, 0.2) is 55.7 Å². The van der Waals surface area contributed by atoms with Crippen molar-refractivity contribution in [3.8, 4) is 0 Å². The number of ether oxygens (including phenoxy) is 1. The summed E-state index contributed by atoms with van der Waals surface area (Å²) in [6.07, 6.45) is 1.61. The van der Waals surface area contributed by atoms with Gasteiger partial charge in [-0.2, -0.15) is 0 Å². The summed E-state index contributed by atoms with van der Waals surface area (Å²) in [7, 11) is 1.53. The predicted molar refractivity (Wildman–Crippen MR) is 98.6 cm³/mol. The molecule has 1 aliphatic rings. The van der Waals surface area contributed by atoms with Crippen LogP contribution in [0.1, 0.15) is 11.3 Å². The number of hydrogen-bond donors (Lipinski definition) is 0. The van der Waals surface area contributed by atoms with E-state index in [1.165, 1.54) is 29.3 Å². The lowest BCUT2D eigenvalue weighted by Crippen LogP contribution is -2.31. The van der Waals surface area contributed by atoms with Gasteiger partial charge < -0.3 is 9.15 Å². The number of benzene rings is 1. The van der Waals surface area contributed by atoms with E-state index in [9.17, 15) is 9.59 Å². The molecule has 0 bridgehead atoms. The fraction of sp³-hybridized carbons (Fsp3) is 0.222. The van der Waals surface area contributed by atoms with Crippen molar-refractivity contribution in [2.75, 3.05) is 20.3 Å². The normalized spacial score (nSPS) is 16.2. The molecule has 3 rings (SSSR count). The average Bonchev–Trinajstić information content (AvgIpc) is 3.13. The minimum Gasteiger partial charge on any atom is -0.450 e. The Kier molecular flexibility index (Phi) is 5.67. The van der Waals surface area contributed by atoms with Crippen LogP contribution in [0.4, 0.5) is 4.79 Å². The second-order valence-corrected chi connectivity index (χ2v) is 7.47. The van der Waals surface area contributed by atoms with Crippen molar-refractivity contribution in [3.63, 3.8) is 0 Å². The monoisotopic (exact) mass is 375 g/mol. The van der Waals surface area contributed by atoms with Gasteiger partial charge in [0, 0.05) is 18.1 Å². The molecule has 25 heavy (non-hydrogen) atoms. The van der Waals surface area contributed by atoms with Crippen LogP contribution in [-0.4, -0.2) is 36.3 Å². The maximum absolute atomic E-state index is 12.3. The Balaban J connectivity index is 1.70. The third kappa shape index (κ3) is 4.36. The zero-order valence-corrected chi connectivity index (χ0v) is 15.5. The number of imide groups is 1. The van der Waals surface area contributed by atoms with Gasteiger partial charge in [-0.05, 0) is 43.0 Å². The molecule has 2 amide bonds. The van der Waals surface area contributed by atoms with Crippen LogP contribution in [0.5, 0.6) is 0 Å². The van der Waals surface area contributed by atoms with E-state index in [2.05, 4.69) is 0 Å². The summed E-state index contributed by atoms with van der Waals surface area (Å²) < 4.78 is 10.7. The van der Waals surface area contributed by atoms with Gasteiger partial charge in [-0.3, -0.25) is 14.5 Å². The summed E-state index contributed by atoms with van der Waals surface area (Å²) in [5.41, 5.74) is 1.20. The lowest BCUT2D eigenvalue weighted by molar-refractivity contribution is -0.123. The Hall–Kier alpha value is -1.96. The number of hydrogen-bond acceptors (Lipinski definition) is 6. The number of carbonyl (C=O) groups is 2. The van der Waals surface area contributed by atoms with Gasteiger partial charge >= 0.3 is 0 Å². The summed E-state index contributed by atoms with van der Waals surface area (Å²) in [6.45, 7) is 2.62. The highest BCUT2D eigenvalue weighted by Gasteiger charge is 2.34. The number of carbonyl (C=O) groups excluding carboxylic acids is 2. The van der Waals surface area contributed by atoms with E-state index in [-0.39, 0.29) is 17.7 Å². The fourth-order valence-electron chi connectivity index (χ4n) is 2.19. The Bertz CT molecular complexity index is 811. The molecular weight excluding hydrogens is 358 g/mol. The molecule has 0 radical (unpaired) electrons. The highest BCUT2D eigenvalue weighted by atomic mass is 32.2. The molecule has 2 aromatic rings. The van der Waals surface area contributed by atoms with Crippen LogP contribution in [-0.2, 0) is 9.53 Å². The van der Waals surface area contributed by atoms with Gasteiger partial charge in [0.2, 0.25) is 0 Å². The SMILES string of the molecule is COCCN1C(=O)S/C(=C/c2ccc(Sc3ccc(C)cc3)o2)C1=O. The van der Waals surface area contributed by atoms with E-state index >= 15 is 0 Å². The summed E-state index contributed by atoms with van der Waals surface area (Å²) >= 11 is 2.42. The molecule has 0 unspecified atom stereocenters. The van der Waals surface area contributed by atoms with Gasteiger partial charge in [-0.25, -0.2) is 0 Å². The van der Waals surface area contributed by atoms with E-state index in [1.54, 1.807) is 12.1 Å². The molecule has 1 aromatic carbocycles. The molecule has 1 aromatic heterocycles. The lowest BCUT2D eigenvalue weighted by Gasteiger charge is -2.10. The summed E-state index contributed by atoms with van der Waals surface area (Å²) in [5.74, 6) is 0.239. The molecule has 2 heterocycles. The minimum atomic E-state index is -0.309. The van der Waals surface area contributed by atoms with E-state index < -0.39 is 0 Å². The standard InChI is InChI=1S/C18H17NO4S2/c1-12-3-6-14(7-4-12)24-16-8-5-13(23-16)11-15-17(20)19(9-10-22-2)18(21)25-15/h3-8,11H,9-10H2,1-2H3/b15-11+. The lowest BCUT2D eigenvalue weighted by atomic mass is 10.2. The molecule has 1 aliphatic heterocycles. The van der Waals surface area contributed by atoms with Crippen LogP contribution >= 0.6 is 23.5 Å². The predicted octanol–water partition coefficient (Wildman–Crippen LogP) is 4.42. The number of thioether (sulfide) groups is 1. The largest absolute Gasteiger partial charge is 0.450 e. The fourth-order valence-corrected chi connectivity index (χ4v) is 3.82. The van der Waals surface area contributed by atoms with E-state index in [1.807, 2.05) is 37.3 Å². The summed E-state index contributed by atoms with van der Waals surface area (Å²) in [5, 5.41) is 0.447. The number of aryl methyl sites for hydroxylation is 1. The summed E-state index contributed by atoms with van der Waals surface area (Å²) in [6, 6.07) is 11.8. The molecular formula is C18H17NO4S2. The van der Waals surface area contributed by atoms with E-state index in [0.29, 0.717) is 17.3 Å². The van der Waals surface area contributed by atoms with Gasteiger partial charge in [0.05, 0.1) is 18.1 Å². The minimum absolute atomic E-state index is 0.255. The van der Waals surface area contributed by atoms with Crippen molar-refractivity contribution in [2.45, 2.75) is 16.9 Å². The average molecular weight is 375 g/mol. The highest BCUT2D eigenvalue weighted by molar-refractivity contribution is 8.18.